The molecule has 1 aromatic rings. The molecule has 94 valence electrons. The summed E-state index contributed by atoms with van der Waals surface area (Å²) in [6.07, 6.45) is 0.222. The molecular weight excluding hydrogens is 248 g/mol. The number of hydrazone groups is 1. The Labute approximate surface area is 111 Å². The molecule has 0 spiro atoms. The third-order valence-electron chi connectivity index (χ3n) is 2.66. The molecule has 1 aliphatic heterocycles. The molecule has 1 aliphatic rings. The summed E-state index contributed by atoms with van der Waals surface area (Å²) < 4.78 is 0. The van der Waals surface area contributed by atoms with Crippen molar-refractivity contribution in [3.05, 3.63) is 30.3 Å². The van der Waals surface area contributed by atoms with Crippen LogP contribution in [-0.4, -0.2) is 28.3 Å². The van der Waals surface area contributed by atoms with E-state index in [1.165, 1.54) is 5.01 Å². The van der Waals surface area contributed by atoms with E-state index in [1.54, 1.807) is 4.90 Å². The van der Waals surface area contributed by atoms with Crippen molar-refractivity contribution < 1.29 is 4.79 Å². The average molecular weight is 262 g/mol. The Morgan fingerprint density at radius 2 is 2.17 bits per heavy atom. The molecule has 2 N–H and O–H groups in total. The lowest BCUT2D eigenvalue weighted by Crippen LogP contribution is -2.39. The zero-order valence-electron chi connectivity index (χ0n) is 10.0. The van der Waals surface area contributed by atoms with Crippen LogP contribution in [0.3, 0.4) is 0 Å². The van der Waals surface area contributed by atoms with Gasteiger partial charge in [-0.3, -0.25) is 4.79 Å². The standard InChI is InChI=1S/C12H14N4OS/c1-2-15(12(13)18)10-8-11(17)16(14-10)9-6-4-3-5-7-9/h3-7H,2,8H2,1H3,(H2,13,18). The van der Waals surface area contributed by atoms with E-state index >= 15 is 0 Å². The monoisotopic (exact) mass is 262 g/mol. The molecule has 1 aromatic carbocycles. The number of nitrogens with zero attached hydrogens (tertiary/aromatic N) is 3. The van der Waals surface area contributed by atoms with Crippen LogP contribution in [0.5, 0.6) is 0 Å². The van der Waals surface area contributed by atoms with E-state index in [1.807, 2.05) is 37.3 Å². The van der Waals surface area contributed by atoms with E-state index < -0.39 is 0 Å². The van der Waals surface area contributed by atoms with Crippen molar-refractivity contribution in [2.24, 2.45) is 10.8 Å². The maximum atomic E-state index is 11.9. The molecular formula is C12H14N4OS. The van der Waals surface area contributed by atoms with Crippen LogP contribution >= 0.6 is 12.2 Å². The second kappa shape index (κ2) is 5.14. The minimum atomic E-state index is -0.0779. The van der Waals surface area contributed by atoms with Crippen LogP contribution in [0.1, 0.15) is 13.3 Å². The van der Waals surface area contributed by atoms with Gasteiger partial charge in [0.1, 0.15) is 5.84 Å². The highest BCUT2D eigenvalue weighted by Crippen LogP contribution is 2.20. The molecule has 18 heavy (non-hydrogen) atoms. The van der Waals surface area contributed by atoms with E-state index in [0.29, 0.717) is 12.4 Å². The number of benzene rings is 1. The molecule has 0 radical (unpaired) electrons. The van der Waals surface area contributed by atoms with E-state index in [9.17, 15) is 4.79 Å². The number of carbonyl (C=O) groups excluding carboxylic acids is 1. The van der Waals surface area contributed by atoms with E-state index in [2.05, 4.69) is 5.10 Å². The van der Waals surface area contributed by atoms with Crippen LogP contribution in [0.2, 0.25) is 0 Å². The van der Waals surface area contributed by atoms with Gasteiger partial charge < -0.3 is 10.6 Å². The summed E-state index contributed by atoms with van der Waals surface area (Å²) in [5, 5.41) is 5.91. The summed E-state index contributed by atoms with van der Waals surface area (Å²) in [6, 6.07) is 9.29. The number of carbonyl (C=O) groups is 1. The lowest BCUT2D eigenvalue weighted by Gasteiger charge is -2.18. The molecule has 0 aliphatic carbocycles. The number of anilines is 1. The number of amidine groups is 1. The van der Waals surface area contributed by atoms with Crippen molar-refractivity contribution in [2.75, 3.05) is 11.6 Å². The predicted octanol–water partition coefficient (Wildman–Crippen LogP) is 1.30. The van der Waals surface area contributed by atoms with Crippen molar-refractivity contribution in [3.8, 4) is 0 Å². The Morgan fingerprint density at radius 1 is 1.50 bits per heavy atom. The zero-order chi connectivity index (χ0) is 13.1. The number of para-hydroxylation sites is 1. The van der Waals surface area contributed by atoms with Crippen LogP contribution in [0.4, 0.5) is 5.69 Å². The molecule has 0 saturated heterocycles. The fourth-order valence-electron chi connectivity index (χ4n) is 1.80. The normalized spacial score (nSPS) is 14.6. The first kappa shape index (κ1) is 12.5. The number of thiocarbonyl (C=S) groups is 1. The highest BCUT2D eigenvalue weighted by atomic mass is 32.1. The van der Waals surface area contributed by atoms with E-state index in [0.717, 1.165) is 5.69 Å². The first-order valence-corrected chi connectivity index (χ1v) is 6.06. The van der Waals surface area contributed by atoms with Gasteiger partial charge in [0.05, 0.1) is 12.1 Å². The van der Waals surface area contributed by atoms with Gasteiger partial charge in [0.15, 0.2) is 5.11 Å². The topological polar surface area (TPSA) is 61.9 Å². The summed E-state index contributed by atoms with van der Waals surface area (Å²) in [7, 11) is 0. The Hall–Kier alpha value is -1.95. The van der Waals surface area contributed by atoms with Crippen LogP contribution < -0.4 is 10.7 Å². The summed E-state index contributed by atoms with van der Waals surface area (Å²) in [6.45, 7) is 2.52. The van der Waals surface area contributed by atoms with Crippen molar-refractivity contribution in [1.82, 2.24) is 4.90 Å². The molecule has 0 fully saturated rings. The molecule has 5 nitrogen and oxygen atoms in total. The minimum absolute atomic E-state index is 0.0779. The minimum Gasteiger partial charge on any atom is -0.376 e. The van der Waals surface area contributed by atoms with Gasteiger partial charge in [0.25, 0.3) is 5.91 Å². The SMILES string of the molecule is CCN(C(N)=S)C1=NN(c2ccccc2)C(=O)C1. The lowest BCUT2D eigenvalue weighted by molar-refractivity contribution is -0.116. The van der Waals surface area contributed by atoms with Crippen molar-refractivity contribution in [2.45, 2.75) is 13.3 Å². The average Bonchev–Trinajstić information content (AvgIpc) is 2.73. The Morgan fingerprint density at radius 3 is 2.72 bits per heavy atom. The Bertz CT molecular complexity index is 500. The maximum absolute atomic E-state index is 11.9. The third kappa shape index (κ3) is 2.33. The predicted molar refractivity (Wildman–Crippen MR) is 75.1 cm³/mol. The Balaban J connectivity index is 2.27. The number of amides is 1. The number of nitrogens with two attached hydrogens (primary N) is 1. The molecule has 0 saturated carbocycles. The molecule has 6 heteroatoms. The summed E-state index contributed by atoms with van der Waals surface area (Å²) in [5.41, 5.74) is 6.35. The Kier molecular flexibility index (Phi) is 3.57. The van der Waals surface area contributed by atoms with Crippen molar-refractivity contribution >= 4 is 34.8 Å². The zero-order valence-corrected chi connectivity index (χ0v) is 10.9. The van der Waals surface area contributed by atoms with Gasteiger partial charge in [-0.05, 0) is 31.3 Å². The van der Waals surface area contributed by atoms with Gasteiger partial charge in [-0.2, -0.15) is 10.1 Å². The van der Waals surface area contributed by atoms with Gasteiger partial charge in [-0.15, -0.1) is 0 Å². The van der Waals surface area contributed by atoms with Crippen molar-refractivity contribution in [3.63, 3.8) is 0 Å². The quantitative estimate of drug-likeness (QED) is 0.816. The van der Waals surface area contributed by atoms with Crippen LogP contribution in [0, 0.1) is 0 Å². The fourth-order valence-corrected chi connectivity index (χ4v) is 2.04. The molecule has 1 amide bonds. The highest BCUT2D eigenvalue weighted by Gasteiger charge is 2.28. The first-order chi connectivity index (χ1) is 8.63. The summed E-state index contributed by atoms with van der Waals surface area (Å²) in [4.78, 5) is 13.6. The highest BCUT2D eigenvalue weighted by molar-refractivity contribution is 7.80. The molecule has 0 atom stereocenters. The molecule has 0 unspecified atom stereocenters. The third-order valence-corrected chi connectivity index (χ3v) is 2.88. The molecule has 2 rings (SSSR count). The lowest BCUT2D eigenvalue weighted by atomic mass is 10.3. The summed E-state index contributed by atoms with van der Waals surface area (Å²) in [5.74, 6) is 0.518. The van der Waals surface area contributed by atoms with Gasteiger partial charge in [-0.25, -0.2) is 0 Å². The van der Waals surface area contributed by atoms with Gasteiger partial charge in [0, 0.05) is 6.54 Å². The second-order valence-electron chi connectivity index (χ2n) is 3.82. The second-order valence-corrected chi connectivity index (χ2v) is 4.23. The van der Waals surface area contributed by atoms with E-state index in [-0.39, 0.29) is 17.4 Å². The van der Waals surface area contributed by atoms with Crippen LogP contribution in [-0.2, 0) is 4.79 Å². The van der Waals surface area contributed by atoms with Crippen LogP contribution in [0.15, 0.2) is 35.4 Å². The first-order valence-electron chi connectivity index (χ1n) is 5.66. The molecule has 0 bridgehead atoms. The number of hydrogen-bond donors (Lipinski definition) is 1. The summed E-state index contributed by atoms with van der Waals surface area (Å²) >= 11 is 4.94. The van der Waals surface area contributed by atoms with Gasteiger partial charge in [0.2, 0.25) is 0 Å². The van der Waals surface area contributed by atoms with Gasteiger partial charge in [-0.1, -0.05) is 18.2 Å². The smallest absolute Gasteiger partial charge is 0.255 e. The van der Waals surface area contributed by atoms with Gasteiger partial charge >= 0.3 is 0 Å². The van der Waals surface area contributed by atoms with Crippen LogP contribution in [0.25, 0.3) is 0 Å². The number of rotatable bonds is 2. The van der Waals surface area contributed by atoms with Crippen molar-refractivity contribution in [1.29, 1.82) is 0 Å². The number of hydrogen-bond acceptors (Lipinski definition) is 3. The largest absolute Gasteiger partial charge is 0.376 e. The molecule has 0 aromatic heterocycles. The van der Waals surface area contributed by atoms with E-state index in [4.69, 9.17) is 18.0 Å². The fraction of sp³-hybridized carbons (Fsp3) is 0.250. The maximum Gasteiger partial charge on any atom is 0.255 e. The molecule has 1 heterocycles.